The van der Waals surface area contributed by atoms with E-state index >= 15 is 0 Å². The Bertz CT molecular complexity index is 957. The number of benzene rings is 2. The van der Waals surface area contributed by atoms with Crippen LogP contribution in [0.4, 0.5) is 0 Å². The van der Waals surface area contributed by atoms with Crippen LogP contribution < -0.4 is 5.32 Å². The van der Waals surface area contributed by atoms with E-state index in [0.717, 1.165) is 35.3 Å². The molecule has 0 unspecified atom stereocenters. The summed E-state index contributed by atoms with van der Waals surface area (Å²) < 4.78 is 1.91. The van der Waals surface area contributed by atoms with Gasteiger partial charge < -0.3 is 10.4 Å². The number of nitrogens with zero attached hydrogens (tertiary/aromatic N) is 2. The van der Waals surface area contributed by atoms with Gasteiger partial charge in [0.1, 0.15) is 5.75 Å². The van der Waals surface area contributed by atoms with Crippen LogP contribution in [0.15, 0.2) is 54.7 Å². The second-order valence-electron chi connectivity index (χ2n) is 6.77. The number of carbonyl (C=O) groups is 1. The van der Waals surface area contributed by atoms with Crippen LogP contribution >= 0.6 is 0 Å². The number of hydrogen-bond donors (Lipinski definition) is 2. The van der Waals surface area contributed by atoms with Crippen molar-refractivity contribution >= 4 is 5.91 Å². The predicted molar refractivity (Wildman–Crippen MR) is 99.6 cm³/mol. The Morgan fingerprint density at radius 2 is 2.04 bits per heavy atom. The maximum Gasteiger partial charge on any atom is 0.255 e. The minimum absolute atomic E-state index is 0.130. The van der Waals surface area contributed by atoms with Crippen molar-refractivity contribution in [3.8, 4) is 11.4 Å². The van der Waals surface area contributed by atoms with Gasteiger partial charge in [-0.05, 0) is 49.1 Å². The van der Waals surface area contributed by atoms with Crippen LogP contribution in [0.3, 0.4) is 0 Å². The van der Waals surface area contributed by atoms with Gasteiger partial charge in [-0.3, -0.25) is 4.79 Å². The molecule has 0 atom stereocenters. The smallest absolute Gasteiger partial charge is 0.255 e. The third kappa shape index (κ3) is 3.20. The average molecular weight is 347 g/mol. The molecule has 1 aliphatic carbocycles. The number of hydrogen-bond acceptors (Lipinski definition) is 3. The summed E-state index contributed by atoms with van der Waals surface area (Å²) in [5.41, 5.74) is 4.63. The average Bonchev–Trinajstić information content (AvgIpc) is 3.38. The number of aromatic nitrogens is 2. The lowest BCUT2D eigenvalue weighted by atomic mass is 10.1. The quantitative estimate of drug-likeness (QED) is 0.740. The third-order valence-electron chi connectivity index (χ3n) is 4.72. The molecule has 132 valence electrons. The highest BCUT2D eigenvalue weighted by molar-refractivity contribution is 5.95. The highest BCUT2D eigenvalue weighted by Gasteiger charge is 2.33. The number of para-hydroxylation sites is 1. The molecule has 0 aliphatic heterocycles. The van der Waals surface area contributed by atoms with Crippen LogP contribution in [0, 0.1) is 6.92 Å². The van der Waals surface area contributed by atoms with E-state index in [0.29, 0.717) is 18.0 Å². The number of carbonyl (C=O) groups excluding carboxylic acids is 1. The van der Waals surface area contributed by atoms with E-state index in [1.165, 1.54) is 0 Å². The van der Waals surface area contributed by atoms with Crippen LogP contribution in [-0.2, 0) is 6.54 Å². The SMILES string of the molecule is Cc1ccccc1-n1ncc(C(=O)NCc2cccc(O)c2)c1C1CC1. The van der Waals surface area contributed by atoms with Crippen LogP contribution in [0.1, 0.15) is 45.9 Å². The van der Waals surface area contributed by atoms with Gasteiger partial charge in [0.2, 0.25) is 0 Å². The van der Waals surface area contributed by atoms with E-state index in [9.17, 15) is 9.90 Å². The fraction of sp³-hybridized carbons (Fsp3) is 0.238. The predicted octanol–water partition coefficient (Wildman–Crippen LogP) is 3.69. The van der Waals surface area contributed by atoms with Crippen molar-refractivity contribution in [1.29, 1.82) is 0 Å². The number of amides is 1. The Balaban J connectivity index is 1.60. The monoisotopic (exact) mass is 347 g/mol. The molecule has 2 aromatic carbocycles. The summed E-state index contributed by atoms with van der Waals surface area (Å²) in [4.78, 5) is 12.8. The van der Waals surface area contributed by atoms with Crippen molar-refractivity contribution < 1.29 is 9.90 Å². The summed E-state index contributed by atoms with van der Waals surface area (Å²) in [5, 5.41) is 17.0. The van der Waals surface area contributed by atoms with E-state index in [4.69, 9.17) is 0 Å². The van der Waals surface area contributed by atoms with E-state index in [2.05, 4.69) is 23.4 Å². The van der Waals surface area contributed by atoms with E-state index < -0.39 is 0 Å². The zero-order chi connectivity index (χ0) is 18.1. The maximum absolute atomic E-state index is 12.8. The molecule has 26 heavy (non-hydrogen) atoms. The highest BCUT2D eigenvalue weighted by atomic mass is 16.3. The molecule has 1 saturated carbocycles. The molecule has 5 heteroatoms. The Morgan fingerprint density at radius 1 is 1.23 bits per heavy atom. The van der Waals surface area contributed by atoms with Gasteiger partial charge in [-0.25, -0.2) is 4.68 Å². The first-order chi connectivity index (χ1) is 12.6. The van der Waals surface area contributed by atoms with E-state index in [1.54, 1.807) is 24.4 Å². The second-order valence-corrected chi connectivity index (χ2v) is 6.77. The van der Waals surface area contributed by atoms with Gasteiger partial charge in [0, 0.05) is 12.5 Å². The molecular weight excluding hydrogens is 326 g/mol. The van der Waals surface area contributed by atoms with Crippen LogP contribution in [0.5, 0.6) is 5.75 Å². The fourth-order valence-electron chi connectivity index (χ4n) is 3.22. The molecule has 1 amide bonds. The topological polar surface area (TPSA) is 67.2 Å². The molecule has 1 aromatic heterocycles. The van der Waals surface area contributed by atoms with Crippen molar-refractivity contribution in [2.24, 2.45) is 0 Å². The summed E-state index contributed by atoms with van der Waals surface area (Å²) in [6, 6.07) is 15.0. The first kappa shape index (κ1) is 16.4. The van der Waals surface area contributed by atoms with Gasteiger partial charge in [-0.1, -0.05) is 30.3 Å². The largest absolute Gasteiger partial charge is 0.508 e. The summed E-state index contributed by atoms with van der Waals surface area (Å²) in [6.07, 6.45) is 3.84. The molecule has 1 fully saturated rings. The molecule has 2 N–H and O–H groups in total. The first-order valence-electron chi connectivity index (χ1n) is 8.83. The van der Waals surface area contributed by atoms with Gasteiger partial charge in [0.15, 0.2) is 0 Å². The van der Waals surface area contributed by atoms with Gasteiger partial charge >= 0.3 is 0 Å². The summed E-state index contributed by atoms with van der Waals surface area (Å²) >= 11 is 0. The molecule has 0 bridgehead atoms. The van der Waals surface area contributed by atoms with Gasteiger partial charge in [-0.15, -0.1) is 0 Å². The Labute approximate surface area is 152 Å². The molecule has 4 rings (SSSR count). The second kappa shape index (κ2) is 6.67. The van der Waals surface area contributed by atoms with Crippen molar-refractivity contribution in [2.75, 3.05) is 0 Å². The van der Waals surface area contributed by atoms with E-state index in [-0.39, 0.29) is 11.7 Å². The Hall–Kier alpha value is -3.08. The third-order valence-corrected chi connectivity index (χ3v) is 4.72. The van der Waals surface area contributed by atoms with Crippen molar-refractivity contribution in [1.82, 2.24) is 15.1 Å². The molecular formula is C21H21N3O2. The summed E-state index contributed by atoms with van der Waals surface area (Å²) in [5.74, 6) is 0.455. The molecule has 5 nitrogen and oxygen atoms in total. The van der Waals surface area contributed by atoms with E-state index in [1.807, 2.05) is 28.9 Å². The van der Waals surface area contributed by atoms with Gasteiger partial charge in [0.05, 0.1) is 23.1 Å². The standard InChI is InChI=1S/C21H21N3O2/c1-14-5-2-3-8-19(14)24-20(16-9-10-16)18(13-23-24)21(26)22-12-15-6-4-7-17(25)11-15/h2-8,11,13,16,25H,9-10,12H2,1H3,(H,22,26). The van der Waals surface area contributed by atoms with Crippen molar-refractivity contribution in [2.45, 2.75) is 32.2 Å². The maximum atomic E-state index is 12.8. The van der Waals surface area contributed by atoms with Crippen molar-refractivity contribution in [3.05, 3.63) is 77.1 Å². The molecule has 0 spiro atoms. The number of aromatic hydroxyl groups is 1. The number of phenolic OH excluding ortho intramolecular Hbond substituents is 1. The Kier molecular flexibility index (Phi) is 4.21. The minimum Gasteiger partial charge on any atom is -0.508 e. The zero-order valence-electron chi connectivity index (χ0n) is 14.6. The summed E-state index contributed by atoms with van der Waals surface area (Å²) in [6.45, 7) is 2.42. The normalized spacial score (nSPS) is 13.6. The lowest BCUT2D eigenvalue weighted by Gasteiger charge is -2.11. The van der Waals surface area contributed by atoms with Gasteiger partial charge in [0.25, 0.3) is 5.91 Å². The summed E-state index contributed by atoms with van der Waals surface area (Å²) in [7, 11) is 0. The lowest BCUT2D eigenvalue weighted by Crippen LogP contribution is -2.23. The molecule has 1 aliphatic rings. The van der Waals surface area contributed by atoms with Crippen molar-refractivity contribution in [3.63, 3.8) is 0 Å². The number of rotatable bonds is 5. The molecule has 0 saturated heterocycles. The lowest BCUT2D eigenvalue weighted by molar-refractivity contribution is 0.0950. The number of aryl methyl sites for hydroxylation is 1. The minimum atomic E-state index is -0.130. The van der Waals surface area contributed by atoms with Crippen LogP contribution in [0.25, 0.3) is 5.69 Å². The molecule has 3 aromatic rings. The first-order valence-corrected chi connectivity index (χ1v) is 8.83. The fourth-order valence-corrected chi connectivity index (χ4v) is 3.22. The van der Waals surface area contributed by atoms with Crippen LogP contribution in [-0.4, -0.2) is 20.8 Å². The zero-order valence-corrected chi connectivity index (χ0v) is 14.6. The highest BCUT2D eigenvalue weighted by Crippen LogP contribution is 2.42. The number of nitrogens with one attached hydrogen (secondary N) is 1. The van der Waals surface area contributed by atoms with Crippen LogP contribution in [0.2, 0.25) is 0 Å². The number of phenols is 1. The molecule has 1 heterocycles. The van der Waals surface area contributed by atoms with Gasteiger partial charge in [-0.2, -0.15) is 5.10 Å². The Morgan fingerprint density at radius 3 is 2.77 bits per heavy atom. The molecule has 0 radical (unpaired) electrons.